The highest BCUT2D eigenvalue weighted by molar-refractivity contribution is 7.22. The second kappa shape index (κ2) is 8.04. The number of carbonyl (C=O) groups is 1. The van der Waals surface area contributed by atoms with Crippen LogP contribution in [0, 0.1) is 13.8 Å². The predicted molar refractivity (Wildman–Crippen MR) is 115 cm³/mol. The molecule has 0 aliphatic carbocycles. The molecule has 28 heavy (non-hydrogen) atoms. The molecule has 0 radical (unpaired) electrons. The average Bonchev–Trinajstić information content (AvgIpc) is 3.35. The number of benzene rings is 1. The molecule has 0 bridgehead atoms. The summed E-state index contributed by atoms with van der Waals surface area (Å²) in [7, 11) is 0. The van der Waals surface area contributed by atoms with Crippen molar-refractivity contribution in [2.45, 2.75) is 20.4 Å². The van der Waals surface area contributed by atoms with Crippen molar-refractivity contribution in [3.8, 4) is 9.88 Å². The lowest BCUT2D eigenvalue weighted by Gasteiger charge is -2.07. The number of rotatable bonds is 4. The van der Waals surface area contributed by atoms with Gasteiger partial charge in [-0.15, -0.1) is 22.7 Å². The van der Waals surface area contributed by atoms with Crippen LogP contribution < -0.4 is 5.49 Å². The standard InChI is InChI=1S/C22H19N3OS2/c1-15-8-10-17(11-9-15)14-25-12-4-3-7-19(25)24-21(26)20-16(2)23-22(28-20)18-6-5-13-27-18/h3-13H,14H2,1-2H3. The van der Waals surface area contributed by atoms with Crippen LogP contribution in [-0.4, -0.2) is 15.5 Å². The zero-order chi connectivity index (χ0) is 19.5. The van der Waals surface area contributed by atoms with Gasteiger partial charge in [-0.05, 0) is 43.0 Å². The first-order chi connectivity index (χ1) is 13.6. The van der Waals surface area contributed by atoms with Gasteiger partial charge in [0.15, 0.2) is 0 Å². The summed E-state index contributed by atoms with van der Waals surface area (Å²) < 4.78 is 1.99. The van der Waals surface area contributed by atoms with E-state index >= 15 is 0 Å². The van der Waals surface area contributed by atoms with E-state index in [9.17, 15) is 4.79 Å². The second-order valence-corrected chi connectivity index (χ2v) is 8.45. The molecule has 0 aliphatic rings. The normalized spacial score (nSPS) is 11.7. The van der Waals surface area contributed by atoms with Crippen molar-refractivity contribution < 1.29 is 4.79 Å². The van der Waals surface area contributed by atoms with Gasteiger partial charge >= 0.3 is 0 Å². The Hall–Kier alpha value is -2.83. The maximum atomic E-state index is 12.9. The first kappa shape index (κ1) is 18.5. The Balaban J connectivity index is 1.66. The summed E-state index contributed by atoms with van der Waals surface area (Å²) in [6, 6.07) is 18.1. The third kappa shape index (κ3) is 4.03. The van der Waals surface area contributed by atoms with Crippen LogP contribution in [0.4, 0.5) is 0 Å². The average molecular weight is 406 g/mol. The lowest BCUT2D eigenvalue weighted by Crippen LogP contribution is -2.22. The van der Waals surface area contributed by atoms with Crippen LogP contribution >= 0.6 is 22.7 Å². The highest BCUT2D eigenvalue weighted by atomic mass is 32.1. The van der Waals surface area contributed by atoms with Crippen molar-refractivity contribution in [2.24, 2.45) is 4.99 Å². The first-order valence-electron chi connectivity index (χ1n) is 8.91. The van der Waals surface area contributed by atoms with Crippen molar-refractivity contribution >= 4 is 28.6 Å². The minimum atomic E-state index is -0.248. The van der Waals surface area contributed by atoms with Crippen molar-refractivity contribution in [3.05, 3.63) is 93.4 Å². The lowest BCUT2D eigenvalue weighted by atomic mass is 10.1. The van der Waals surface area contributed by atoms with E-state index in [4.69, 9.17) is 0 Å². The molecule has 4 aromatic rings. The fraction of sp³-hybridized carbons (Fsp3) is 0.136. The molecule has 4 rings (SSSR count). The second-order valence-electron chi connectivity index (χ2n) is 6.50. The summed E-state index contributed by atoms with van der Waals surface area (Å²) in [6.45, 7) is 4.60. The van der Waals surface area contributed by atoms with Crippen LogP contribution in [-0.2, 0) is 6.54 Å². The van der Waals surface area contributed by atoms with Crippen molar-refractivity contribution in [3.63, 3.8) is 0 Å². The highest BCUT2D eigenvalue weighted by Crippen LogP contribution is 2.31. The molecule has 6 heteroatoms. The van der Waals surface area contributed by atoms with Gasteiger partial charge in [-0.2, -0.15) is 4.99 Å². The number of hydrogen-bond acceptors (Lipinski definition) is 4. The van der Waals surface area contributed by atoms with Crippen molar-refractivity contribution in [1.82, 2.24) is 9.55 Å². The largest absolute Gasteiger partial charge is 0.328 e. The van der Waals surface area contributed by atoms with Crippen molar-refractivity contribution in [2.75, 3.05) is 0 Å². The number of thiophene rings is 1. The van der Waals surface area contributed by atoms with Gasteiger partial charge in [0.25, 0.3) is 5.91 Å². The number of thiazole rings is 1. The Bertz CT molecular complexity index is 1170. The topological polar surface area (TPSA) is 47.2 Å². The summed E-state index contributed by atoms with van der Waals surface area (Å²) in [6.07, 6.45) is 1.95. The van der Waals surface area contributed by atoms with E-state index in [0.717, 1.165) is 15.6 Å². The van der Waals surface area contributed by atoms with E-state index in [1.165, 1.54) is 22.5 Å². The van der Waals surface area contributed by atoms with E-state index in [-0.39, 0.29) is 5.91 Å². The Morgan fingerprint density at radius 2 is 1.89 bits per heavy atom. The number of aromatic nitrogens is 2. The molecule has 1 aromatic carbocycles. The number of pyridine rings is 1. The first-order valence-corrected chi connectivity index (χ1v) is 10.6. The Labute approximate surface area is 171 Å². The molecule has 0 saturated carbocycles. The molecule has 140 valence electrons. The quantitative estimate of drug-likeness (QED) is 0.475. The SMILES string of the molecule is Cc1ccc(Cn2ccccc2=NC(=O)c2sc(-c3cccs3)nc2C)cc1. The van der Waals surface area contributed by atoms with E-state index in [1.807, 2.05) is 53.4 Å². The molecule has 0 saturated heterocycles. The molecule has 0 unspecified atom stereocenters. The van der Waals surface area contributed by atoms with Gasteiger partial charge in [0.1, 0.15) is 15.4 Å². The van der Waals surface area contributed by atoms with Crippen LogP contribution in [0.15, 0.2) is 71.2 Å². The zero-order valence-electron chi connectivity index (χ0n) is 15.6. The molecule has 0 aliphatic heterocycles. The van der Waals surface area contributed by atoms with Gasteiger partial charge in [-0.1, -0.05) is 42.0 Å². The number of amides is 1. The molecule has 0 spiro atoms. The highest BCUT2D eigenvalue weighted by Gasteiger charge is 2.16. The minimum Gasteiger partial charge on any atom is -0.328 e. The number of aryl methyl sites for hydroxylation is 2. The molecule has 0 atom stereocenters. The Morgan fingerprint density at radius 3 is 2.64 bits per heavy atom. The third-order valence-corrected chi connectivity index (χ3v) is 6.51. The summed E-state index contributed by atoms with van der Waals surface area (Å²) in [5.74, 6) is -0.248. The maximum Gasteiger partial charge on any atom is 0.290 e. The van der Waals surface area contributed by atoms with Crippen LogP contribution in [0.5, 0.6) is 0 Å². The molecule has 1 amide bonds. The molecule has 3 heterocycles. The summed E-state index contributed by atoms with van der Waals surface area (Å²) in [5.41, 5.74) is 3.76. The molecule has 4 nitrogen and oxygen atoms in total. The van der Waals surface area contributed by atoms with Crippen LogP contribution in [0.3, 0.4) is 0 Å². The summed E-state index contributed by atoms with van der Waals surface area (Å²) in [5, 5.41) is 2.88. The van der Waals surface area contributed by atoms with Crippen LogP contribution in [0.25, 0.3) is 9.88 Å². The lowest BCUT2D eigenvalue weighted by molar-refractivity contribution is 0.1000. The van der Waals surface area contributed by atoms with E-state index in [0.29, 0.717) is 16.9 Å². The van der Waals surface area contributed by atoms with E-state index in [2.05, 4.69) is 41.2 Å². The van der Waals surface area contributed by atoms with Gasteiger partial charge in [0.2, 0.25) is 0 Å². The molecule has 0 fully saturated rings. The smallest absolute Gasteiger partial charge is 0.290 e. The van der Waals surface area contributed by atoms with Gasteiger partial charge in [0.05, 0.1) is 10.6 Å². The monoisotopic (exact) mass is 405 g/mol. The fourth-order valence-corrected chi connectivity index (χ4v) is 4.60. The Morgan fingerprint density at radius 1 is 1.07 bits per heavy atom. The fourth-order valence-electron chi connectivity index (χ4n) is 2.85. The third-order valence-electron chi connectivity index (χ3n) is 4.33. The van der Waals surface area contributed by atoms with E-state index in [1.54, 1.807) is 11.3 Å². The van der Waals surface area contributed by atoms with Gasteiger partial charge in [-0.25, -0.2) is 4.98 Å². The van der Waals surface area contributed by atoms with Crippen LogP contribution in [0.1, 0.15) is 26.5 Å². The summed E-state index contributed by atoms with van der Waals surface area (Å²) >= 11 is 3.02. The van der Waals surface area contributed by atoms with Gasteiger partial charge < -0.3 is 4.57 Å². The number of carbonyl (C=O) groups excluding carboxylic acids is 1. The van der Waals surface area contributed by atoms with E-state index < -0.39 is 0 Å². The van der Waals surface area contributed by atoms with Crippen molar-refractivity contribution in [1.29, 1.82) is 0 Å². The predicted octanol–water partition coefficient (Wildman–Crippen LogP) is 5.08. The summed E-state index contributed by atoms with van der Waals surface area (Å²) in [4.78, 5) is 23.5. The zero-order valence-corrected chi connectivity index (χ0v) is 17.3. The van der Waals surface area contributed by atoms with Gasteiger partial charge in [0, 0.05) is 12.7 Å². The van der Waals surface area contributed by atoms with Crippen LogP contribution in [0.2, 0.25) is 0 Å². The maximum absolute atomic E-state index is 12.9. The number of hydrogen-bond donors (Lipinski definition) is 0. The Kier molecular flexibility index (Phi) is 5.32. The molecular weight excluding hydrogens is 386 g/mol. The molecule has 0 N–H and O–H groups in total. The van der Waals surface area contributed by atoms with Gasteiger partial charge in [-0.3, -0.25) is 4.79 Å². The minimum absolute atomic E-state index is 0.248. The molecule has 3 aromatic heterocycles. The molecular formula is C22H19N3OS2. The number of nitrogens with zero attached hydrogens (tertiary/aromatic N) is 3.